The molecule has 0 aliphatic carbocycles. The summed E-state index contributed by atoms with van der Waals surface area (Å²) in [4.78, 5) is 1.45. The van der Waals surface area contributed by atoms with E-state index in [1.54, 1.807) is 0 Å². The molecule has 29 heavy (non-hydrogen) atoms. The Labute approximate surface area is 233 Å². The fourth-order valence-electron chi connectivity index (χ4n) is 1.91. The fourth-order valence-corrected chi connectivity index (χ4v) is 5.15. The number of alkyl halides is 4. The first-order chi connectivity index (χ1) is 13.8. The molecular weight excluding hydrogens is 856 g/mol. The van der Waals surface area contributed by atoms with Crippen molar-refractivity contribution in [3.05, 3.63) is 43.7 Å². The minimum atomic E-state index is 0.234. The highest BCUT2D eigenvalue weighted by molar-refractivity contribution is 9.12. The van der Waals surface area contributed by atoms with Crippen LogP contribution >= 0.6 is 124 Å². The predicted octanol–water partition coefficient (Wildman–Crippen LogP) is 9.13. The van der Waals surface area contributed by atoms with Gasteiger partial charge in [0.2, 0.25) is 0 Å². The third-order valence-corrected chi connectivity index (χ3v) is 10.3. The van der Waals surface area contributed by atoms with Crippen LogP contribution in [0.5, 0.6) is 17.2 Å². The average molecular weight is 871 g/mol. The molecule has 0 N–H and O–H groups in total. The molecule has 0 aliphatic heterocycles. The van der Waals surface area contributed by atoms with Crippen LogP contribution in [0.25, 0.3) is 0 Å². The van der Waals surface area contributed by atoms with Crippen molar-refractivity contribution in [1.29, 1.82) is 0 Å². The molecule has 0 aromatic heterocycles. The van der Waals surface area contributed by atoms with Crippen LogP contribution in [0.2, 0.25) is 0 Å². The maximum absolute atomic E-state index is 5.87. The summed E-state index contributed by atoms with van der Waals surface area (Å²) in [6, 6.07) is 9.61. The zero-order chi connectivity index (χ0) is 21.4. The van der Waals surface area contributed by atoms with Crippen LogP contribution in [0, 0.1) is 0 Å². The first-order valence-electron chi connectivity index (χ1n) is 8.12. The summed E-state index contributed by atoms with van der Waals surface area (Å²) in [5.41, 5.74) is 0. The van der Waals surface area contributed by atoms with E-state index in [0.29, 0.717) is 19.0 Å². The van der Waals surface area contributed by atoms with Gasteiger partial charge in [-0.15, -0.1) is 0 Å². The number of hydrogen-bond donors (Lipinski definition) is 0. The summed E-state index contributed by atoms with van der Waals surface area (Å²) in [5, 5.41) is 1.64. The van der Waals surface area contributed by atoms with Gasteiger partial charge in [0.15, 0.2) is 0 Å². The Morgan fingerprint density at radius 3 is 1.93 bits per heavy atom. The molecule has 0 saturated heterocycles. The molecule has 2 aromatic rings. The van der Waals surface area contributed by atoms with Gasteiger partial charge in [-0.1, -0.05) is 63.7 Å². The van der Waals surface area contributed by atoms with Crippen molar-refractivity contribution in [2.45, 2.75) is 14.5 Å². The second kappa shape index (κ2) is 14.0. The van der Waals surface area contributed by atoms with Crippen molar-refractivity contribution in [2.75, 3.05) is 23.9 Å². The summed E-state index contributed by atoms with van der Waals surface area (Å²) >= 11 is 25.8. The molecule has 0 bridgehead atoms. The largest absolute Gasteiger partial charge is 0.491 e. The van der Waals surface area contributed by atoms with Gasteiger partial charge < -0.3 is 13.7 Å². The second-order valence-corrected chi connectivity index (χ2v) is 12.9. The SMILES string of the molecule is BrCC(Br)COc1ccc(SOc2cc(Br)c(OCC(Br)CBr)c(Br)c2)cc1Br. The van der Waals surface area contributed by atoms with Gasteiger partial charge in [-0.05, 0) is 78.1 Å². The van der Waals surface area contributed by atoms with Crippen molar-refractivity contribution in [1.82, 2.24) is 0 Å². The minimum absolute atomic E-state index is 0.234. The molecule has 0 aliphatic rings. The normalized spacial score (nSPS) is 13.1. The lowest BCUT2D eigenvalue weighted by atomic mass is 10.3. The number of rotatable bonds is 11. The lowest BCUT2D eigenvalue weighted by Crippen LogP contribution is -2.12. The quantitative estimate of drug-likeness (QED) is 0.167. The Morgan fingerprint density at radius 1 is 0.793 bits per heavy atom. The summed E-state index contributed by atoms with van der Waals surface area (Å²) in [6.07, 6.45) is 0. The summed E-state index contributed by atoms with van der Waals surface area (Å²) in [6.45, 7) is 1.13. The monoisotopic (exact) mass is 864 g/mol. The molecule has 2 aromatic carbocycles. The van der Waals surface area contributed by atoms with Gasteiger partial charge in [0, 0.05) is 15.6 Å². The van der Waals surface area contributed by atoms with E-state index in [1.165, 1.54) is 12.0 Å². The summed E-state index contributed by atoms with van der Waals surface area (Å²) < 4.78 is 20.0. The molecule has 0 fully saturated rings. The van der Waals surface area contributed by atoms with Gasteiger partial charge in [-0.25, -0.2) is 0 Å². The molecule has 0 amide bonds. The Morgan fingerprint density at radius 2 is 1.38 bits per heavy atom. The predicted molar refractivity (Wildman–Crippen MR) is 146 cm³/mol. The van der Waals surface area contributed by atoms with Crippen molar-refractivity contribution in [3.8, 4) is 17.2 Å². The maximum Gasteiger partial charge on any atom is 0.147 e. The molecule has 3 nitrogen and oxygen atoms in total. The Hall–Kier alpha value is 1.55. The van der Waals surface area contributed by atoms with Crippen molar-refractivity contribution >= 4 is 124 Å². The van der Waals surface area contributed by atoms with Crippen LogP contribution in [0.4, 0.5) is 0 Å². The van der Waals surface area contributed by atoms with Crippen LogP contribution < -0.4 is 13.7 Å². The molecule has 0 heterocycles. The topological polar surface area (TPSA) is 27.7 Å². The van der Waals surface area contributed by atoms with Crippen LogP contribution in [-0.2, 0) is 0 Å². The molecule has 0 saturated carbocycles. The molecule has 2 unspecified atom stereocenters. The number of hydrogen-bond acceptors (Lipinski definition) is 4. The highest BCUT2D eigenvalue weighted by Crippen LogP contribution is 2.39. The van der Waals surface area contributed by atoms with Crippen LogP contribution in [0.3, 0.4) is 0 Å². The van der Waals surface area contributed by atoms with E-state index in [9.17, 15) is 0 Å². The van der Waals surface area contributed by atoms with Crippen LogP contribution in [-0.4, -0.2) is 33.5 Å². The molecule has 2 rings (SSSR count). The van der Waals surface area contributed by atoms with Gasteiger partial charge in [0.1, 0.15) is 30.5 Å². The Kier molecular flexibility index (Phi) is 12.9. The first-order valence-corrected chi connectivity index (χ1v) is 15.3. The molecule has 0 radical (unpaired) electrons. The van der Waals surface area contributed by atoms with E-state index >= 15 is 0 Å². The van der Waals surface area contributed by atoms with Gasteiger partial charge in [-0.3, -0.25) is 0 Å². The summed E-state index contributed by atoms with van der Waals surface area (Å²) in [5.74, 6) is 2.23. The fraction of sp³-hybridized carbons (Fsp3) is 0.333. The number of ether oxygens (including phenoxy) is 2. The van der Waals surface area contributed by atoms with Gasteiger partial charge in [-0.2, -0.15) is 0 Å². The Balaban J connectivity index is 1.98. The molecular formula is C18H15Br7O3S. The van der Waals surface area contributed by atoms with Gasteiger partial charge >= 0.3 is 0 Å². The zero-order valence-corrected chi connectivity index (χ0v) is 26.6. The van der Waals surface area contributed by atoms with E-state index < -0.39 is 0 Å². The van der Waals surface area contributed by atoms with E-state index in [1.807, 2.05) is 30.3 Å². The molecule has 160 valence electrons. The lowest BCUT2D eigenvalue weighted by molar-refractivity contribution is 0.321. The van der Waals surface area contributed by atoms with Crippen molar-refractivity contribution < 1.29 is 13.7 Å². The first kappa shape index (κ1) is 26.8. The van der Waals surface area contributed by atoms with E-state index in [2.05, 4.69) is 112 Å². The van der Waals surface area contributed by atoms with Gasteiger partial charge in [0.05, 0.1) is 35.1 Å². The van der Waals surface area contributed by atoms with E-state index in [-0.39, 0.29) is 9.65 Å². The molecule has 11 heteroatoms. The molecule has 0 spiro atoms. The van der Waals surface area contributed by atoms with Crippen molar-refractivity contribution in [3.63, 3.8) is 0 Å². The minimum Gasteiger partial charge on any atom is -0.491 e. The third kappa shape index (κ3) is 9.14. The average Bonchev–Trinajstić information content (AvgIpc) is 2.70. The zero-order valence-electron chi connectivity index (χ0n) is 14.6. The standard InChI is InChI=1S/C18H15Br7O3S/c19-6-10(21)8-26-17-2-1-13(5-14(17)23)29-28-12-3-15(24)18(16(25)4-12)27-9-11(22)7-20/h1-5,10-11H,6-9H2. The Bertz CT molecular complexity index is 786. The highest BCUT2D eigenvalue weighted by atomic mass is 79.9. The maximum atomic E-state index is 5.87. The highest BCUT2D eigenvalue weighted by Gasteiger charge is 2.13. The smallest absolute Gasteiger partial charge is 0.147 e. The molecule has 2 atom stereocenters. The van der Waals surface area contributed by atoms with Crippen molar-refractivity contribution in [2.24, 2.45) is 0 Å². The third-order valence-electron chi connectivity index (χ3n) is 3.27. The lowest BCUT2D eigenvalue weighted by Gasteiger charge is -2.14. The van der Waals surface area contributed by atoms with Crippen LogP contribution in [0.15, 0.2) is 48.6 Å². The van der Waals surface area contributed by atoms with Crippen LogP contribution in [0.1, 0.15) is 0 Å². The van der Waals surface area contributed by atoms with E-state index in [4.69, 9.17) is 13.7 Å². The second-order valence-electron chi connectivity index (χ2n) is 5.60. The number of benzene rings is 2. The number of halogens is 7. The van der Waals surface area contributed by atoms with E-state index in [0.717, 1.165) is 40.5 Å². The summed E-state index contributed by atoms with van der Waals surface area (Å²) in [7, 11) is 0. The van der Waals surface area contributed by atoms with Gasteiger partial charge in [0.25, 0.3) is 0 Å².